The van der Waals surface area contributed by atoms with Gasteiger partial charge in [-0.25, -0.2) is 4.98 Å². The van der Waals surface area contributed by atoms with Crippen LogP contribution in [-0.2, 0) is 6.42 Å². The molecule has 0 saturated heterocycles. The van der Waals surface area contributed by atoms with E-state index in [-0.39, 0.29) is 0 Å². The van der Waals surface area contributed by atoms with Crippen molar-refractivity contribution in [2.45, 2.75) is 58.4 Å². The van der Waals surface area contributed by atoms with E-state index >= 15 is 0 Å². The van der Waals surface area contributed by atoms with Crippen molar-refractivity contribution < 1.29 is 0 Å². The number of aryl methyl sites for hydroxylation is 1. The maximum Gasteiger partial charge on any atom is 0.127 e. The molecule has 84 valence electrons. The molecule has 0 aromatic carbocycles. The molecule has 0 spiro atoms. The Hall–Kier alpha value is -0.990. The predicted octanol–water partition coefficient (Wildman–Crippen LogP) is 2.88. The van der Waals surface area contributed by atoms with Crippen LogP contribution in [0.25, 0.3) is 0 Å². The minimum atomic E-state index is 0.429. The summed E-state index contributed by atoms with van der Waals surface area (Å²) in [5.74, 6) is 2.81. The van der Waals surface area contributed by atoms with Crippen molar-refractivity contribution in [2.75, 3.05) is 5.73 Å². The van der Waals surface area contributed by atoms with Crippen molar-refractivity contribution in [3.63, 3.8) is 0 Å². The Morgan fingerprint density at radius 2 is 2.13 bits per heavy atom. The summed E-state index contributed by atoms with van der Waals surface area (Å²) in [4.78, 5) is 4.72. The van der Waals surface area contributed by atoms with Crippen molar-refractivity contribution in [1.82, 2.24) is 9.55 Å². The van der Waals surface area contributed by atoms with Gasteiger partial charge < -0.3 is 10.3 Å². The number of imidazole rings is 1. The number of hydrogen-bond acceptors (Lipinski definition) is 2. The molecule has 0 unspecified atom stereocenters. The van der Waals surface area contributed by atoms with Crippen LogP contribution in [0.1, 0.15) is 63.5 Å². The van der Waals surface area contributed by atoms with E-state index in [1.807, 2.05) is 0 Å². The number of aromatic nitrogens is 2. The predicted molar refractivity (Wildman–Crippen MR) is 63.0 cm³/mol. The van der Waals surface area contributed by atoms with Gasteiger partial charge in [0, 0.05) is 12.0 Å². The van der Waals surface area contributed by atoms with Gasteiger partial charge in [-0.15, -0.1) is 0 Å². The van der Waals surface area contributed by atoms with E-state index in [2.05, 4.69) is 25.3 Å². The zero-order chi connectivity index (χ0) is 11.0. The third kappa shape index (κ3) is 1.87. The molecule has 1 fully saturated rings. The monoisotopic (exact) mass is 207 g/mol. The second-order valence-electron chi connectivity index (χ2n) is 4.79. The van der Waals surface area contributed by atoms with E-state index in [4.69, 9.17) is 10.7 Å². The average molecular weight is 207 g/mol. The van der Waals surface area contributed by atoms with Crippen LogP contribution in [0, 0.1) is 0 Å². The van der Waals surface area contributed by atoms with E-state index in [0.29, 0.717) is 12.0 Å². The maximum atomic E-state index is 6.16. The molecule has 1 aromatic heterocycles. The summed E-state index contributed by atoms with van der Waals surface area (Å²) in [6.45, 7) is 6.53. The summed E-state index contributed by atoms with van der Waals surface area (Å²) >= 11 is 0. The quantitative estimate of drug-likeness (QED) is 0.825. The zero-order valence-electron chi connectivity index (χ0n) is 9.95. The fourth-order valence-corrected chi connectivity index (χ4v) is 2.10. The summed E-state index contributed by atoms with van der Waals surface area (Å²) in [7, 11) is 0. The number of nitrogens with zero attached hydrogens (tertiary/aromatic N) is 2. The summed E-state index contributed by atoms with van der Waals surface area (Å²) in [6.07, 6.45) is 4.69. The smallest absolute Gasteiger partial charge is 0.127 e. The maximum absolute atomic E-state index is 6.16. The van der Waals surface area contributed by atoms with Gasteiger partial charge in [0.2, 0.25) is 0 Å². The van der Waals surface area contributed by atoms with Gasteiger partial charge in [0.1, 0.15) is 11.6 Å². The summed E-state index contributed by atoms with van der Waals surface area (Å²) in [6, 6.07) is 0.429. The first kappa shape index (κ1) is 10.5. The Morgan fingerprint density at radius 1 is 1.47 bits per heavy atom. The SMILES string of the molecule is CCCc1nc(C2CC2)n(C(C)C)c1N. The first-order valence-electron chi connectivity index (χ1n) is 6.01. The normalized spacial score (nSPS) is 16.3. The minimum Gasteiger partial charge on any atom is -0.384 e. The van der Waals surface area contributed by atoms with Crippen LogP contribution in [0.15, 0.2) is 0 Å². The summed E-state index contributed by atoms with van der Waals surface area (Å²) in [5, 5.41) is 0. The van der Waals surface area contributed by atoms with Gasteiger partial charge in [-0.05, 0) is 33.1 Å². The molecule has 1 aromatic rings. The first-order chi connectivity index (χ1) is 7.15. The van der Waals surface area contributed by atoms with Gasteiger partial charge in [-0.2, -0.15) is 0 Å². The van der Waals surface area contributed by atoms with Gasteiger partial charge in [-0.3, -0.25) is 0 Å². The molecule has 0 radical (unpaired) electrons. The van der Waals surface area contributed by atoms with Crippen molar-refractivity contribution in [3.05, 3.63) is 11.5 Å². The fourth-order valence-electron chi connectivity index (χ4n) is 2.10. The van der Waals surface area contributed by atoms with Crippen LogP contribution in [-0.4, -0.2) is 9.55 Å². The summed E-state index contributed by atoms with van der Waals surface area (Å²) < 4.78 is 2.22. The largest absolute Gasteiger partial charge is 0.384 e. The highest BCUT2D eigenvalue weighted by Gasteiger charge is 2.31. The molecule has 0 aliphatic heterocycles. The van der Waals surface area contributed by atoms with E-state index in [1.165, 1.54) is 18.7 Å². The van der Waals surface area contributed by atoms with Crippen molar-refractivity contribution in [3.8, 4) is 0 Å². The van der Waals surface area contributed by atoms with Crippen molar-refractivity contribution in [2.24, 2.45) is 0 Å². The fraction of sp³-hybridized carbons (Fsp3) is 0.750. The Morgan fingerprint density at radius 3 is 2.60 bits per heavy atom. The van der Waals surface area contributed by atoms with Gasteiger partial charge in [0.15, 0.2) is 0 Å². The van der Waals surface area contributed by atoms with Crippen molar-refractivity contribution >= 4 is 5.82 Å². The Kier molecular flexibility index (Phi) is 2.72. The van der Waals surface area contributed by atoms with Crippen molar-refractivity contribution in [1.29, 1.82) is 0 Å². The van der Waals surface area contributed by atoms with Crippen LogP contribution in [0.5, 0.6) is 0 Å². The standard InChI is InChI=1S/C12H21N3/c1-4-5-10-11(13)15(8(2)3)12(14-10)9-6-7-9/h8-9H,4-7,13H2,1-3H3. The van der Waals surface area contributed by atoms with Crippen LogP contribution < -0.4 is 5.73 Å². The molecule has 15 heavy (non-hydrogen) atoms. The number of nitrogen functional groups attached to an aromatic ring is 1. The molecule has 0 bridgehead atoms. The van der Waals surface area contributed by atoms with Crippen LogP contribution in [0.3, 0.4) is 0 Å². The number of anilines is 1. The summed E-state index contributed by atoms with van der Waals surface area (Å²) in [5.41, 5.74) is 7.26. The van der Waals surface area contributed by atoms with Gasteiger partial charge >= 0.3 is 0 Å². The lowest BCUT2D eigenvalue weighted by atomic mass is 10.2. The van der Waals surface area contributed by atoms with Crippen LogP contribution in [0.2, 0.25) is 0 Å². The second kappa shape index (κ2) is 3.87. The lowest BCUT2D eigenvalue weighted by molar-refractivity contribution is 0.576. The molecular formula is C12H21N3. The van der Waals surface area contributed by atoms with E-state index < -0.39 is 0 Å². The molecule has 2 N–H and O–H groups in total. The highest BCUT2D eigenvalue weighted by Crippen LogP contribution is 2.41. The number of hydrogen-bond donors (Lipinski definition) is 1. The molecule has 0 atom stereocenters. The lowest BCUT2D eigenvalue weighted by Gasteiger charge is -2.13. The molecule has 1 saturated carbocycles. The molecule has 1 aliphatic rings. The highest BCUT2D eigenvalue weighted by atomic mass is 15.2. The van der Waals surface area contributed by atoms with Crippen LogP contribution >= 0.6 is 0 Å². The zero-order valence-corrected chi connectivity index (χ0v) is 9.95. The molecule has 3 heteroatoms. The minimum absolute atomic E-state index is 0.429. The van der Waals surface area contributed by atoms with E-state index in [1.54, 1.807) is 0 Å². The van der Waals surface area contributed by atoms with Gasteiger partial charge in [0.05, 0.1) is 5.69 Å². The third-order valence-electron chi connectivity index (χ3n) is 3.00. The average Bonchev–Trinajstić information content (AvgIpc) is 2.94. The third-order valence-corrected chi connectivity index (χ3v) is 3.00. The Labute approximate surface area is 91.7 Å². The molecule has 1 heterocycles. The van der Waals surface area contributed by atoms with Gasteiger partial charge in [0.25, 0.3) is 0 Å². The van der Waals surface area contributed by atoms with E-state index in [0.717, 1.165) is 24.4 Å². The second-order valence-corrected chi connectivity index (χ2v) is 4.79. The van der Waals surface area contributed by atoms with E-state index in [9.17, 15) is 0 Å². The highest BCUT2D eigenvalue weighted by molar-refractivity contribution is 5.40. The Bertz CT molecular complexity index is 348. The van der Waals surface area contributed by atoms with Gasteiger partial charge in [-0.1, -0.05) is 13.3 Å². The molecule has 2 rings (SSSR count). The molecule has 0 amide bonds. The van der Waals surface area contributed by atoms with Crippen LogP contribution in [0.4, 0.5) is 5.82 Å². The molecule has 3 nitrogen and oxygen atoms in total. The lowest BCUT2D eigenvalue weighted by Crippen LogP contribution is -2.09. The topological polar surface area (TPSA) is 43.8 Å². The molecular weight excluding hydrogens is 186 g/mol. The number of nitrogens with two attached hydrogens (primary N) is 1. The first-order valence-corrected chi connectivity index (χ1v) is 6.01. The number of rotatable bonds is 4. The Balaban J connectivity index is 2.39. The molecule has 1 aliphatic carbocycles.